The second kappa shape index (κ2) is 11.5. The van der Waals surface area contributed by atoms with Crippen LogP contribution < -0.4 is 10.6 Å². The Kier molecular flexibility index (Phi) is 6.89. The van der Waals surface area contributed by atoms with Gasteiger partial charge in [0.15, 0.2) is 5.69 Å². The first-order valence-electron chi connectivity index (χ1n) is 15.5. The van der Waals surface area contributed by atoms with Gasteiger partial charge in [-0.3, -0.25) is 9.48 Å². The molecule has 0 unspecified atom stereocenters. The highest BCUT2D eigenvalue weighted by atomic mass is 16.6. The SMILES string of the molecule is [2H]C([2H])([2H])n1cc(Nc2nccc(-c3ccc4c(c3)CN(C(=O)OC(C)(C)C)CC[C@H]4NC(=O)c3cn(C(C)(C)C)nn3)n2)cn1. The third-order valence-electron chi connectivity index (χ3n) is 6.73. The summed E-state index contributed by atoms with van der Waals surface area (Å²) in [5.74, 6) is -0.115. The van der Waals surface area contributed by atoms with E-state index in [4.69, 9.17) is 8.85 Å². The van der Waals surface area contributed by atoms with E-state index >= 15 is 0 Å². The highest BCUT2D eigenvalue weighted by molar-refractivity contribution is 5.92. The van der Waals surface area contributed by atoms with Crippen LogP contribution in [0.15, 0.2) is 49.1 Å². The maximum absolute atomic E-state index is 13.3. The molecule has 0 aliphatic carbocycles. The van der Waals surface area contributed by atoms with E-state index in [1.165, 1.54) is 12.4 Å². The average Bonchev–Trinajstić information content (AvgIpc) is 3.61. The summed E-state index contributed by atoms with van der Waals surface area (Å²) in [6, 6.07) is 7.09. The van der Waals surface area contributed by atoms with Crippen molar-refractivity contribution in [2.45, 2.75) is 71.7 Å². The second-order valence-corrected chi connectivity index (χ2v) is 12.4. The van der Waals surface area contributed by atoms with Crippen LogP contribution in [0.5, 0.6) is 0 Å². The molecule has 13 heteroatoms. The normalized spacial score (nSPS) is 16.7. The molecule has 43 heavy (non-hydrogen) atoms. The van der Waals surface area contributed by atoms with Gasteiger partial charge in [0.25, 0.3) is 5.91 Å². The van der Waals surface area contributed by atoms with Crippen LogP contribution in [-0.4, -0.2) is 63.8 Å². The summed E-state index contributed by atoms with van der Waals surface area (Å²) in [5.41, 5.74) is 2.64. The Morgan fingerprint density at radius 2 is 1.93 bits per heavy atom. The van der Waals surface area contributed by atoms with Gasteiger partial charge in [0.2, 0.25) is 5.95 Å². The number of benzene rings is 1. The van der Waals surface area contributed by atoms with Crippen molar-refractivity contribution in [2.24, 2.45) is 6.98 Å². The smallest absolute Gasteiger partial charge is 0.410 e. The summed E-state index contributed by atoms with van der Waals surface area (Å²) < 4.78 is 30.8. The van der Waals surface area contributed by atoms with Crippen molar-refractivity contribution < 1.29 is 18.4 Å². The van der Waals surface area contributed by atoms with E-state index in [-0.39, 0.29) is 29.6 Å². The molecule has 5 rings (SSSR count). The van der Waals surface area contributed by atoms with Gasteiger partial charge < -0.3 is 20.3 Å². The fourth-order valence-electron chi connectivity index (χ4n) is 4.62. The Morgan fingerprint density at radius 1 is 1.12 bits per heavy atom. The number of rotatable bonds is 5. The van der Waals surface area contributed by atoms with E-state index in [0.717, 1.165) is 21.4 Å². The fraction of sp³-hybridized carbons (Fsp3) is 0.433. The molecule has 1 aliphatic rings. The summed E-state index contributed by atoms with van der Waals surface area (Å²) in [4.78, 5) is 37.0. The summed E-state index contributed by atoms with van der Waals surface area (Å²) in [6.07, 6.45) is 5.96. The fourth-order valence-corrected chi connectivity index (χ4v) is 4.62. The minimum atomic E-state index is -2.40. The number of amides is 2. The van der Waals surface area contributed by atoms with E-state index in [1.807, 2.05) is 59.7 Å². The number of ether oxygens (including phenoxy) is 1. The minimum absolute atomic E-state index is 0.201. The molecule has 2 amide bonds. The van der Waals surface area contributed by atoms with Crippen LogP contribution in [-0.2, 0) is 23.8 Å². The van der Waals surface area contributed by atoms with Crippen LogP contribution in [0.25, 0.3) is 11.3 Å². The molecule has 0 fully saturated rings. The van der Waals surface area contributed by atoms with Gasteiger partial charge >= 0.3 is 6.09 Å². The summed E-state index contributed by atoms with van der Waals surface area (Å²) >= 11 is 0. The monoisotopic (exact) mass is 589 g/mol. The molecule has 0 saturated carbocycles. The number of nitrogens with one attached hydrogen (secondary N) is 2. The maximum atomic E-state index is 13.3. The molecule has 0 saturated heterocycles. The number of carbonyl (C=O) groups excluding carboxylic acids is 2. The first-order valence-corrected chi connectivity index (χ1v) is 14.0. The highest BCUT2D eigenvalue weighted by Crippen LogP contribution is 2.32. The quantitative estimate of drug-likeness (QED) is 0.342. The van der Waals surface area contributed by atoms with Crippen LogP contribution in [0, 0.1) is 0 Å². The number of carbonyl (C=O) groups is 2. The lowest BCUT2D eigenvalue weighted by molar-refractivity contribution is 0.0234. The second-order valence-electron chi connectivity index (χ2n) is 12.4. The molecule has 3 aromatic heterocycles. The first kappa shape index (κ1) is 25.9. The molecular formula is C30H38N10O3. The van der Waals surface area contributed by atoms with Gasteiger partial charge in [-0.05, 0) is 71.2 Å². The van der Waals surface area contributed by atoms with Crippen LogP contribution >= 0.6 is 0 Å². The number of anilines is 2. The van der Waals surface area contributed by atoms with Gasteiger partial charge in [-0.1, -0.05) is 17.3 Å². The standard InChI is InChI=1S/C30H38N10O3/c1-29(2,3)40-18-25(36-37-40)26(41)34-24-11-13-39(28(42)43-30(4,5)6)16-20-14-19(8-9-22(20)24)23-10-12-31-27(35-23)33-21-15-32-38(7)17-21/h8-10,12,14-15,17-18,24H,11,13,16H2,1-7H3,(H,34,41)(H,31,33,35)/t24-/m1/s1/i7D3. The van der Waals surface area contributed by atoms with Crippen LogP contribution in [0.3, 0.4) is 0 Å². The van der Waals surface area contributed by atoms with Crippen molar-refractivity contribution in [3.8, 4) is 11.3 Å². The van der Waals surface area contributed by atoms with Crippen molar-refractivity contribution in [1.29, 1.82) is 0 Å². The predicted molar refractivity (Wildman–Crippen MR) is 160 cm³/mol. The van der Waals surface area contributed by atoms with Crippen molar-refractivity contribution in [2.75, 3.05) is 11.9 Å². The minimum Gasteiger partial charge on any atom is -0.444 e. The molecule has 13 nitrogen and oxygen atoms in total. The van der Waals surface area contributed by atoms with Crippen LogP contribution in [0.4, 0.5) is 16.4 Å². The van der Waals surface area contributed by atoms with E-state index in [2.05, 4.69) is 36.0 Å². The maximum Gasteiger partial charge on any atom is 0.410 e. The molecule has 1 atom stereocenters. The van der Waals surface area contributed by atoms with Crippen LogP contribution in [0.1, 0.15) is 79.7 Å². The van der Waals surface area contributed by atoms with Crippen molar-refractivity contribution in [3.63, 3.8) is 0 Å². The Morgan fingerprint density at radius 3 is 2.63 bits per heavy atom. The molecule has 1 aliphatic heterocycles. The summed E-state index contributed by atoms with van der Waals surface area (Å²) in [5, 5.41) is 18.2. The van der Waals surface area contributed by atoms with Gasteiger partial charge in [-0.25, -0.2) is 19.4 Å². The number of hydrogen-bond donors (Lipinski definition) is 2. The van der Waals surface area contributed by atoms with Crippen molar-refractivity contribution in [1.82, 2.24) is 45.0 Å². The van der Waals surface area contributed by atoms with E-state index in [1.54, 1.807) is 28.0 Å². The van der Waals surface area contributed by atoms with Gasteiger partial charge in [-0.2, -0.15) is 5.10 Å². The molecule has 0 bridgehead atoms. The zero-order chi connectivity index (χ0) is 33.4. The lowest BCUT2D eigenvalue weighted by Crippen LogP contribution is -2.37. The molecule has 2 N–H and O–H groups in total. The lowest BCUT2D eigenvalue weighted by Gasteiger charge is -2.26. The first-order chi connectivity index (χ1) is 21.5. The van der Waals surface area contributed by atoms with Gasteiger partial charge in [0, 0.05) is 42.1 Å². The third kappa shape index (κ3) is 7.16. The summed E-state index contributed by atoms with van der Waals surface area (Å²) in [6.45, 7) is 9.57. The van der Waals surface area contributed by atoms with E-state index in [9.17, 15) is 9.59 Å². The van der Waals surface area contributed by atoms with Crippen LogP contribution in [0.2, 0.25) is 0 Å². The van der Waals surface area contributed by atoms with Gasteiger partial charge in [-0.15, -0.1) is 5.10 Å². The number of hydrogen-bond acceptors (Lipinski definition) is 9. The Labute approximate surface area is 254 Å². The molecule has 226 valence electrons. The third-order valence-corrected chi connectivity index (χ3v) is 6.73. The number of nitrogens with zero attached hydrogens (tertiary/aromatic N) is 8. The molecule has 0 radical (unpaired) electrons. The Bertz CT molecular complexity index is 1740. The molecule has 4 heterocycles. The number of aromatic nitrogens is 7. The average molecular weight is 590 g/mol. The van der Waals surface area contributed by atoms with Gasteiger partial charge in [0.05, 0.1) is 35.4 Å². The predicted octanol–water partition coefficient (Wildman–Crippen LogP) is 4.58. The molecule has 4 aromatic rings. The van der Waals surface area contributed by atoms with E-state index < -0.39 is 24.7 Å². The Balaban J connectivity index is 1.44. The molecule has 0 spiro atoms. The molecular weight excluding hydrogens is 548 g/mol. The topological polar surface area (TPSA) is 145 Å². The van der Waals surface area contributed by atoms with Crippen molar-refractivity contribution >= 4 is 23.6 Å². The Hall–Kier alpha value is -4.81. The molecule has 1 aromatic carbocycles. The summed E-state index contributed by atoms with van der Waals surface area (Å²) in [7, 11) is 0. The number of aryl methyl sites for hydroxylation is 1. The zero-order valence-corrected chi connectivity index (χ0v) is 25.1. The van der Waals surface area contributed by atoms with Crippen molar-refractivity contribution in [3.05, 3.63) is 65.9 Å². The van der Waals surface area contributed by atoms with E-state index in [0.29, 0.717) is 24.3 Å². The number of fused-ring (bicyclic) bond motifs is 1. The largest absolute Gasteiger partial charge is 0.444 e. The van der Waals surface area contributed by atoms with Gasteiger partial charge in [0.1, 0.15) is 5.60 Å². The zero-order valence-electron chi connectivity index (χ0n) is 28.1. The highest BCUT2D eigenvalue weighted by Gasteiger charge is 2.30. The lowest BCUT2D eigenvalue weighted by atomic mass is 9.96.